The van der Waals surface area contributed by atoms with Crippen molar-refractivity contribution >= 4 is 33.8 Å². The van der Waals surface area contributed by atoms with Gasteiger partial charge in [-0.1, -0.05) is 20.8 Å². The number of rotatable bonds is 46. The predicted octanol–water partition coefficient (Wildman–Crippen LogP) is 7.63. The fraction of sp³-hybridized carbons (Fsp3) is 0.636. The van der Waals surface area contributed by atoms with Gasteiger partial charge in [0.15, 0.2) is 11.5 Å². The van der Waals surface area contributed by atoms with Crippen molar-refractivity contribution in [3.05, 3.63) is 86.5 Å². The molecule has 0 saturated heterocycles. The van der Waals surface area contributed by atoms with Crippen molar-refractivity contribution in [2.45, 2.75) is 97.2 Å². The van der Waals surface area contributed by atoms with E-state index in [0.717, 1.165) is 73.5 Å². The first-order valence-electron chi connectivity index (χ1n) is 31.3. The van der Waals surface area contributed by atoms with Gasteiger partial charge in [-0.2, -0.15) is 0 Å². The second-order valence-corrected chi connectivity index (χ2v) is 21.8. The number of nitrogens with zero attached hydrogens (tertiary/aromatic N) is 2. The third kappa shape index (κ3) is 21.2. The summed E-state index contributed by atoms with van der Waals surface area (Å²) in [6.07, 6.45) is 1.47. The van der Waals surface area contributed by atoms with Gasteiger partial charge in [0.25, 0.3) is 0 Å². The summed E-state index contributed by atoms with van der Waals surface area (Å²) in [6.45, 7) is 19.1. The number of esters is 1. The monoisotopic (exact) mass is 1250 g/mol. The number of aliphatic hydroxyl groups excluding tert-OH is 1. The van der Waals surface area contributed by atoms with Crippen LogP contribution in [0.5, 0.6) is 17.2 Å². The molecule has 23 heteroatoms. The number of H-pyrrole nitrogens is 2. The van der Waals surface area contributed by atoms with Crippen LogP contribution >= 0.6 is 0 Å². The van der Waals surface area contributed by atoms with Gasteiger partial charge in [0.1, 0.15) is 32.2 Å². The number of ether oxygens (including phenoxy) is 16. The molecule has 4 aromatic rings. The minimum absolute atomic E-state index is 0.0638. The van der Waals surface area contributed by atoms with Gasteiger partial charge < -0.3 is 90.9 Å². The zero-order valence-corrected chi connectivity index (χ0v) is 53.6. The highest BCUT2D eigenvalue weighted by Gasteiger charge is 2.44. The van der Waals surface area contributed by atoms with Crippen molar-refractivity contribution < 1.29 is 90.5 Å². The van der Waals surface area contributed by atoms with Crippen molar-refractivity contribution in [2.75, 3.05) is 180 Å². The molecule has 4 atom stereocenters. The molecule has 89 heavy (non-hydrogen) atoms. The number of aromatic amines is 2. The first-order valence-corrected chi connectivity index (χ1v) is 31.3. The number of carbonyl (C=O) groups excluding carboxylic acids is 2. The number of carbonyl (C=O) groups is 2. The van der Waals surface area contributed by atoms with E-state index in [-0.39, 0.29) is 95.2 Å². The summed E-state index contributed by atoms with van der Waals surface area (Å²) in [5.74, 6) is -0.213. The number of methoxy groups -OCH3 is 3. The molecule has 494 valence electrons. The Morgan fingerprint density at radius 3 is 1.43 bits per heavy atom. The van der Waals surface area contributed by atoms with Crippen LogP contribution in [0.4, 0.5) is 0 Å². The molecule has 0 radical (unpaired) electrons. The summed E-state index contributed by atoms with van der Waals surface area (Å²) in [5, 5.41) is 10.7. The number of nitrogens with one attached hydrogen (secondary N) is 2. The van der Waals surface area contributed by atoms with E-state index in [1.165, 1.54) is 5.56 Å². The SMILES string of the molecule is CCc1c(C)c2cc3[nH]c(cc4nc(c5c6nc(cc1[nH]2)C(C)C6C(=O)C5)[C@@H](CCC(=O)OCc1cc(OCCOCCOCCOCCOC)c(OCCOCCOCCOCCOC)c(OCCOCCOCCOCCOC)c1)[C@@H]4C)c(C)c3CO. The van der Waals surface area contributed by atoms with Crippen LogP contribution in [0, 0.1) is 13.8 Å². The summed E-state index contributed by atoms with van der Waals surface area (Å²) in [6, 6.07) is 9.72. The lowest BCUT2D eigenvalue weighted by atomic mass is 9.85. The molecule has 1 aliphatic carbocycles. The number of benzene rings is 1. The fourth-order valence-electron chi connectivity index (χ4n) is 11.0. The Kier molecular flexibility index (Phi) is 31.0. The second kappa shape index (κ2) is 38.9. The van der Waals surface area contributed by atoms with Gasteiger partial charge in [0.05, 0.1) is 157 Å². The minimum Gasteiger partial charge on any atom is -0.487 e. The Morgan fingerprint density at radius 2 is 0.944 bits per heavy atom. The van der Waals surface area contributed by atoms with Crippen molar-refractivity contribution in [3.8, 4) is 17.2 Å². The summed E-state index contributed by atoms with van der Waals surface area (Å²) in [4.78, 5) is 46.0. The number of ketones is 1. The zero-order valence-electron chi connectivity index (χ0n) is 53.6. The van der Waals surface area contributed by atoms with Gasteiger partial charge in [0.2, 0.25) is 5.75 Å². The standard InChI is InChI=1S/C66H96N4O19/c1-9-49-44(2)54-40-58-52(42-71)46(4)53(68-58)39-55-45(3)50(64(69-55)51-38-59(72)63-47(5)56(70-65(51)63)41-57(49)67-54)10-11-62(73)89-43-48-36-60(86-33-30-83-27-24-80-21-18-77-15-12-74-6)66(88-35-32-85-29-26-82-23-20-79-17-14-76-8)61(37-48)87-34-31-84-28-25-81-22-19-78-16-13-75-7/h36-37,39-41,45,47,50,63,67-68,71H,9-35,38,42-43H2,1-8H3/t45-,47?,50-,63?/m0/s1. The quantitative estimate of drug-likeness (QED) is 0.0284. The number of hydrogen-bond donors (Lipinski definition) is 3. The summed E-state index contributed by atoms with van der Waals surface area (Å²) in [7, 11) is 4.88. The van der Waals surface area contributed by atoms with Crippen molar-refractivity contribution in [1.82, 2.24) is 19.9 Å². The van der Waals surface area contributed by atoms with Crippen molar-refractivity contribution in [1.29, 1.82) is 0 Å². The first-order chi connectivity index (χ1) is 43.5. The van der Waals surface area contributed by atoms with Gasteiger partial charge in [-0.05, 0) is 79.3 Å². The summed E-state index contributed by atoms with van der Waals surface area (Å²) in [5.41, 5.74) is 12.1. The molecule has 0 fully saturated rings. The molecule has 5 heterocycles. The second-order valence-electron chi connectivity index (χ2n) is 21.8. The molecular formula is C66H96N4O19. The first kappa shape index (κ1) is 70.8. The number of fused-ring (bicyclic) bond motifs is 8. The van der Waals surface area contributed by atoms with E-state index in [0.29, 0.717) is 148 Å². The highest BCUT2D eigenvalue weighted by molar-refractivity contribution is 5.94. The molecule has 23 nitrogen and oxygen atoms in total. The van der Waals surface area contributed by atoms with E-state index in [9.17, 15) is 14.7 Å². The Morgan fingerprint density at radius 1 is 0.528 bits per heavy atom. The van der Waals surface area contributed by atoms with Crippen molar-refractivity contribution in [2.24, 2.45) is 0 Å². The predicted molar refractivity (Wildman–Crippen MR) is 332 cm³/mol. The largest absolute Gasteiger partial charge is 0.487 e. The molecule has 2 aliphatic heterocycles. The molecule has 3 N–H and O–H groups in total. The Hall–Kier alpha value is -5.64. The number of aromatic nitrogens is 4. The maximum absolute atomic E-state index is 14.1. The Bertz CT molecular complexity index is 2920. The van der Waals surface area contributed by atoms with E-state index in [1.54, 1.807) is 33.5 Å². The van der Waals surface area contributed by atoms with Crippen LogP contribution in [0.1, 0.15) is 113 Å². The molecule has 8 bridgehead atoms. The maximum atomic E-state index is 14.1. The van der Waals surface area contributed by atoms with Gasteiger partial charge in [-0.3, -0.25) is 19.6 Å². The molecule has 3 aromatic heterocycles. The normalized spacial score (nSPS) is 16.2. The van der Waals surface area contributed by atoms with Gasteiger partial charge >= 0.3 is 5.97 Å². The average Bonchev–Trinajstić information content (AvgIpc) is 1.70. The third-order valence-electron chi connectivity index (χ3n) is 15.9. The Balaban J connectivity index is 1.08. The lowest BCUT2D eigenvalue weighted by Gasteiger charge is -2.19. The van der Waals surface area contributed by atoms with Crippen LogP contribution in [-0.2, 0) is 97.2 Å². The number of aryl methyl sites for hydroxylation is 3. The van der Waals surface area contributed by atoms with Crippen LogP contribution in [0.3, 0.4) is 0 Å². The highest BCUT2D eigenvalue weighted by Crippen LogP contribution is 2.49. The molecule has 3 aliphatic rings. The van der Waals surface area contributed by atoms with E-state index >= 15 is 0 Å². The van der Waals surface area contributed by atoms with Crippen LogP contribution in [0.2, 0.25) is 0 Å². The van der Waals surface area contributed by atoms with Gasteiger partial charge in [-0.15, -0.1) is 0 Å². The zero-order chi connectivity index (χ0) is 63.2. The smallest absolute Gasteiger partial charge is 0.306 e. The maximum Gasteiger partial charge on any atom is 0.306 e. The highest BCUT2D eigenvalue weighted by atomic mass is 16.6. The average molecular weight is 1250 g/mol. The van der Waals surface area contributed by atoms with Crippen LogP contribution in [0.15, 0.2) is 30.3 Å². The fourth-order valence-corrected chi connectivity index (χ4v) is 11.0. The van der Waals surface area contributed by atoms with Crippen LogP contribution in [0.25, 0.3) is 22.1 Å². The summed E-state index contributed by atoms with van der Waals surface area (Å²) < 4.78 is 91.1. The topological polar surface area (TPSA) is 259 Å². The van der Waals surface area contributed by atoms with E-state index < -0.39 is 5.97 Å². The lowest BCUT2D eigenvalue weighted by molar-refractivity contribution is -0.145. The lowest BCUT2D eigenvalue weighted by Crippen LogP contribution is -2.16. The molecule has 7 rings (SSSR count). The molecule has 2 unspecified atom stereocenters. The van der Waals surface area contributed by atoms with Gasteiger partial charge in [0, 0.05) is 102 Å². The van der Waals surface area contributed by atoms with E-state index in [4.69, 9.17) is 85.8 Å². The molecule has 0 amide bonds. The number of aliphatic hydroxyl groups is 1. The van der Waals surface area contributed by atoms with Crippen LogP contribution in [-0.4, -0.2) is 217 Å². The molecular weight excluding hydrogens is 1150 g/mol. The van der Waals surface area contributed by atoms with E-state index in [1.807, 2.05) is 13.0 Å². The molecule has 0 spiro atoms. The molecule has 0 saturated carbocycles. The van der Waals surface area contributed by atoms with Gasteiger partial charge in [-0.25, -0.2) is 0 Å². The van der Waals surface area contributed by atoms with E-state index in [2.05, 4.69) is 49.8 Å². The Labute approximate surface area is 523 Å². The number of hydrogen-bond acceptors (Lipinski definition) is 21. The molecule has 1 aromatic carbocycles. The minimum atomic E-state index is -0.422. The summed E-state index contributed by atoms with van der Waals surface area (Å²) >= 11 is 0. The number of Topliss-reactive ketones (excluding diaryl/α,β-unsaturated/α-hetero) is 1. The van der Waals surface area contributed by atoms with Crippen molar-refractivity contribution in [3.63, 3.8) is 0 Å². The third-order valence-corrected chi connectivity index (χ3v) is 15.9. The van der Waals surface area contributed by atoms with Crippen LogP contribution < -0.4 is 14.2 Å².